The number of ether oxygens (including phenoxy) is 2. The van der Waals surface area contributed by atoms with Crippen LogP contribution in [0.5, 0.6) is 0 Å². The van der Waals surface area contributed by atoms with Crippen LogP contribution in [0.1, 0.15) is 25.0 Å². The number of methoxy groups -OCH3 is 1. The molecule has 2 aliphatic rings. The van der Waals surface area contributed by atoms with Gasteiger partial charge in [-0.05, 0) is 50.7 Å². The molecule has 5 rings (SSSR count). The van der Waals surface area contributed by atoms with E-state index in [4.69, 9.17) is 14.3 Å². The van der Waals surface area contributed by atoms with Crippen molar-refractivity contribution in [2.24, 2.45) is 11.1 Å². The van der Waals surface area contributed by atoms with Gasteiger partial charge in [0.1, 0.15) is 23.7 Å². The number of aromatic nitrogens is 4. The van der Waals surface area contributed by atoms with E-state index in [0.29, 0.717) is 47.6 Å². The van der Waals surface area contributed by atoms with Gasteiger partial charge in [-0.15, -0.1) is 5.10 Å². The van der Waals surface area contributed by atoms with Gasteiger partial charge in [0.15, 0.2) is 0 Å². The smallest absolute Gasteiger partial charge is 0.414 e. The minimum Gasteiger partial charge on any atom is -0.469 e. The number of hydrogen-bond donors (Lipinski definition) is 1. The summed E-state index contributed by atoms with van der Waals surface area (Å²) in [5.74, 6) is -1.26. The summed E-state index contributed by atoms with van der Waals surface area (Å²) in [5, 5.41) is 14.9. The Balaban J connectivity index is 1.23. The van der Waals surface area contributed by atoms with E-state index < -0.39 is 30.0 Å². The predicted octanol–water partition coefficient (Wildman–Crippen LogP) is 2.79. The number of halogens is 1. The first-order valence-corrected chi connectivity index (χ1v) is 13.0. The zero-order valence-electron chi connectivity index (χ0n) is 22.2. The molecule has 0 bridgehead atoms. The maximum atomic E-state index is 15.2. The van der Waals surface area contributed by atoms with Gasteiger partial charge >= 0.3 is 12.1 Å². The van der Waals surface area contributed by atoms with Crippen molar-refractivity contribution in [1.82, 2.24) is 25.3 Å². The molecule has 4 heterocycles. The number of amides is 1. The second kappa shape index (κ2) is 12.2. The van der Waals surface area contributed by atoms with Crippen LogP contribution in [0.3, 0.4) is 0 Å². The molecule has 3 atom stereocenters. The minimum absolute atomic E-state index is 0.269. The molecule has 1 unspecified atom stereocenters. The molecule has 210 valence electrons. The lowest BCUT2D eigenvalue weighted by atomic mass is 9.92. The lowest BCUT2D eigenvalue weighted by Gasteiger charge is -2.19. The maximum absolute atomic E-state index is 15.2. The molecular formula is C27H30FN7O5. The van der Waals surface area contributed by atoms with Gasteiger partial charge in [-0.3, -0.25) is 14.7 Å². The van der Waals surface area contributed by atoms with Crippen LogP contribution in [0.4, 0.5) is 14.9 Å². The second-order valence-corrected chi connectivity index (χ2v) is 9.60. The minimum atomic E-state index is -0.544. The summed E-state index contributed by atoms with van der Waals surface area (Å²) < 4.78 is 27.1. The molecule has 0 aliphatic carbocycles. The zero-order valence-corrected chi connectivity index (χ0v) is 22.2. The number of oxime groups is 1. The van der Waals surface area contributed by atoms with Crippen molar-refractivity contribution in [3.63, 3.8) is 0 Å². The Hall–Kier alpha value is -4.39. The van der Waals surface area contributed by atoms with Gasteiger partial charge in [0.25, 0.3) is 0 Å². The molecule has 1 N–H and O–H groups in total. The van der Waals surface area contributed by atoms with Gasteiger partial charge in [-0.1, -0.05) is 16.4 Å². The first-order chi connectivity index (χ1) is 19.5. The largest absolute Gasteiger partial charge is 0.469 e. The Morgan fingerprint density at radius 3 is 2.88 bits per heavy atom. The fraction of sp³-hybridized carbons (Fsp3) is 0.407. The number of rotatable bonds is 11. The molecule has 1 saturated heterocycles. The van der Waals surface area contributed by atoms with Gasteiger partial charge in [-0.2, -0.15) is 0 Å². The molecule has 1 amide bonds. The highest BCUT2D eigenvalue weighted by Gasteiger charge is 2.36. The Bertz CT molecular complexity index is 1370. The van der Waals surface area contributed by atoms with E-state index in [1.807, 2.05) is 7.05 Å². The zero-order chi connectivity index (χ0) is 28.1. The number of anilines is 1. The topological polar surface area (TPSA) is 133 Å². The molecule has 0 spiro atoms. The van der Waals surface area contributed by atoms with Gasteiger partial charge in [0.2, 0.25) is 0 Å². The number of cyclic esters (lactones) is 1. The maximum Gasteiger partial charge on any atom is 0.414 e. The number of nitrogens with one attached hydrogen (secondary N) is 1. The summed E-state index contributed by atoms with van der Waals surface area (Å²) in [5.41, 5.74) is 2.50. The Labute approximate surface area is 230 Å². The average Bonchev–Trinajstić information content (AvgIpc) is 3.73. The summed E-state index contributed by atoms with van der Waals surface area (Å²) in [6.45, 7) is 1.41. The van der Waals surface area contributed by atoms with Gasteiger partial charge in [-0.25, -0.2) is 13.9 Å². The van der Waals surface area contributed by atoms with Crippen LogP contribution >= 0.6 is 0 Å². The summed E-state index contributed by atoms with van der Waals surface area (Å²) in [7, 11) is 3.22. The van der Waals surface area contributed by atoms with E-state index in [1.165, 1.54) is 18.1 Å². The number of pyridine rings is 1. The Morgan fingerprint density at radius 1 is 1.30 bits per heavy atom. The van der Waals surface area contributed by atoms with E-state index in [9.17, 15) is 9.59 Å². The first-order valence-electron chi connectivity index (χ1n) is 13.0. The lowest BCUT2D eigenvalue weighted by Crippen LogP contribution is -2.30. The average molecular weight is 552 g/mol. The number of carbonyl (C=O) groups excluding carboxylic acids is 2. The molecule has 40 heavy (non-hydrogen) atoms. The molecule has 12 nitrogen and oxygen atoms in total. The molecule has 0 radical (unpaired) electrons. The lowest BCUT2D eigenvalue weighted by molar-refractivity contribution is -0.150. The SMILES string of the molecule is CNCCCC(C(=O)OC)[C@@H]1CC(c2ccc(-c3ccc(N4C[C@H](Cn5ccnn5)OC4=O)cc3F)cn2)=NO1. The van der Waals surface area contributed by atoms with Crippen molar-refractivity contribution in [3.8, 4) is 11.1 Å². The highest BCUT2D eigenvalue weighted by molar-refractivity contribution is 6.00. The summed E-state index contributed by atoms with van der Waals surface area (Å²) in [6.07, 6.45) is 5.21. The van der Waals surface area contributed by atoms with Gasteiger partial charge < -0.3 is 19.6 Å². The van der Waals surface area contributed by atoms with Crippen LogP contribution in [0.2, 0.25) is 0 Å². The molecule has 1 fully saturated rings. The second-order valence-electron chi connectivity index (χ2n) is 9.60. The standard InChI is InChI=1S/C27H30FN7O5/c1-29-9-3-4-21(26(36)38-2)25-13-24(32-40-25)23-8-5-17(14-30-23)20-7-6-18(12-22(20)28)35-16-19(39-27(35)37)15-34-11-10-31-33-34/h5-8,10-12,14,19,21,25,29H,3-4,9,13,15-16H2,1-2H3/t19-,21?,25-/m0/s1. The van der Waals surface area contributed by atoms with E-state index in [0.717, 1.165) is 13.0 Å². The van der Waals surface area contributed by atoms with Crippen molar-refractivity contribution in [3.05, 3.63) is 60.4 Å². The van der Waals surface area contributed by atoms with Crippen LogP contribution < -0.4 is 10.2 Å². The van der Waals surface area contributed by atoms with Crippen molar-refractivity contribution in [2.75, 3.05) is 32.1 Å². The highest BCUT2D eigenvalue weighted by Crippen LogP contribution is 2.30. The number of hydrogen-bond acceptors (Lipinski definition) is 10. The summed E-state index contributed by atoms with van der Waals surface area (Å²) >= 11 is 0. The monoisotopic (exact) mass is 551 g/mol. The highest BCUT2D eigenvalue weighted by atomic mass is 19.1. The van der Waals surface area contributed by atoms with Crippen LogP contribution in [0.15, 0.2) is 54.1 Å². The van der Waals surface area contributed by atoms with E-state index >= 15 is 4.39 Å². The number of benzene rings is 1. The fourth-order valence-corrected chi connectivity index (χ4v) is 4.87. The molecule has 3 aromatic rings. The van der Waals surface area contributed by atoms with Crippen LogP contribution in [-0.4, -0.2) is 77.2 Å². The van der Waals surface area contributed by atoms with Crippen molar-refractivity contribution in [2.45, 2.75) is 38.0 Å². The third kappa shape index (κ3) is 5.93. The van der Waals surface area contributed by atoms with Crippen molar-refractivity contribution >= 4 is 23.5 Å². The third-order valence-electron chi connectivity index (χ3n) is 6.96. The predicted molar refractivity (Wildman–Crippen MR) is 142 cm³/mol. The van der Waals surface area contributed by atoms with E-state index in [2.05, 4.69) is 25.8 Å². The van der Waals surface area contributed by atoms with Crippen LogP contribution in [0.25, 0.3) is 11.1 Å². The van der Waals surface area contributed by atoms with Crippen molar-refractivity contribution < 1.29 is 28.3 Å². The summed E-state index contributed by atoms with van der Waals surface area (Å²) in [6, 6.07) is 8.08. The summed E-state index contributed by atoms with van der Waals surface area (Å²) in [4.78, 5) is 36.2. The molecule has 0 saturated carbocycles. The number of nitrogens with zero attached hydrogens (tertiary/aromatic N) is 6. The first kappa shape index (κ1) is 27.2. The van der Waals surface area contributed by atoms with Crippen LogP contribution in [-0.2, 0) is 25.7 Å². The third-order valence-corrected chi connectivity index (χ3v) is 6.96. The van der Waals surface area contributed by atoms with E-state index in [1.54, 1.807) is 47.5 Å². The number of carbonyl (C=O) groups is 2. The molecular weight excluding hydrogens is 521 g/mol. The normalized spacial score (nSPS) is 19.2. The fourth-order valence-electron chi connectivity index (χ4n) is 4.87. The molecule has 2 aromatic heterocycles. The quantitative estimate of drug-likeness (QED) is 0.282. The molecule has 1 aromatic carbocycles. The van der Waals surface area contributed by atoms with Crippen LogP contribution in [0, 0.1) is 11.7 Å². The molecule has 13 heteroatoms. The molecule has 2 aliphatic heterocycles. The van der Waals surface area contributed by atoms with E-state index in [-0.39, 0.29) is 12.5 Å². The van der Waals surface area contributed by atoms with Gasteiger partial charge in [0.05, 0.1) is 43.7 Å². The Morgan fingerprint density at radius 2 is 2.17 bits per heavy atom. The number of esters is 1. The Kier molecular flexibility index (Phi) is 8.29. The van der Waals surface area contributed by atoms with Gasteiger partial charge in [0, 0.05) is 29.9 Å². The van der Waals surface area contributed by atoms with Crippen molar-refractivity contribution in [1.29, 1.82) is 0 Å².